The van der Waals surface area contributed by atoms with Gasteiger partial charge in [0.25, 0.3) is 5.91 Å². The second-order valence-electron chi connectivity index (χ2n) is 7.14. The van der Waals surface area contributed by atoms with Crippen LogP contribution in [0.4, 0.5) is 0 Å². The Balaban J connectivity index is 1.63. The quantitative estimate of drug-likeness (QED) is 0.818. The molecule has 1 amide bonds. The Kier molecular flexibility index (Phi) is 4.09. The van der Waals surface area contributed by atoms with E-state index in [4.69, 9.17) is 4.42 Å². The largest absolute Gasteiger partial charge is 0.451 e. The van der Waals surface area contributed by atoms with Gasteiger partial charge in [-0.05, 0) is 37.9 Å². The van der Waals surface area contributed by atoms with E-state index in [1.54, 1.807) is 29.2 Å². The summed E-state index contributed by atoms with van der Waals surface area (Å²) in [5.74, 6) is -0.210. The molecule has 2 N–H and O–H groups in total. The number of aliphatic hydroxyl groups excluding tert-OH is 1. The highest BCUT2D eigenvalue weighted by Gasteiger charge is 2.44. The van der Waals surface area contributed by atoms with Crippen molar-refractivity contribution in [1.82, 2.24) is 10.2 Å². The zero-order chi connectivity index (χ0) is 17.4. The Morgan fingerprint density at radius 2 is 2.20 bits per heavy atom. The van der Waals surface area contributed by atoms with Crippen LogP contribution in [0, 0.1) is 5.41 Å². The summed E-state index contributed by atoms with van der Waals surface area (Å²) in [4.78, 5) is 26.9. The minimum atomic E-state index is -0.409. The van der Waals surface area contributed by atoms with Crippen molar-refractivity contribution >= 4 is 16.9 Å². The summed E-state index contributed by atoms with van der Waals surface area (Å²) in [5, 5.41) is 14.3. The highest BCUT2D eigenvalue weighted by Crippen LogP contribution is 2.36. The van der Waals surface area contributed by atoms with Gasteiger partial charge in [-0.25, -0.2) is 0 Å². The fraction of sp³-hybridized carbons (Fsp3) is 0.474. The molecule has 0 saturated carbocycles. The zero-order valence-corrected chi connectivity index (χ0v) is 14.0. The van der Waals surface area contributed by atoms with E-state index in [-0.39, 0.29) is 22.5 Å². The van der Waals surface area contributed by atoms with Gasteiger partial charge in [0, 0.05) is 31.1 Å². The van der Waals surface area contributed by atoms with Gasteiger partial charge in [-0.1, -0.05) is 12.1 Å². The molecule has 6 heteroatoms. The molecule has 2 aliphatic heterocycles. The number of likely N-dealkylation sites (tertiary alicyclic amines) is 1. The first kappa shape index (κ1) is 16.3. The van der Waals surface area contributed by atoms with E-state index < -0.39 is 6.10 Å². The van der Waals surface area contributed by atoms with Crippen LogP contribution in [-0.2, 0) is 0 Å². The van der Waals surface area contributed by atoms with Crippen LogP contribution in [0.25, 0.3) is 11.0 Å². The summed E-state index contributed by atoms with van der Waals surface area (Å²) in [6.45, 7) is 2.61. The SMILES string of the molecule is O=C(c1cc(=O)c2ccccc2o1)N1CCC[C@]2(CNCC[C@@H]2O)C1. The molecule has 0 aliphatic carbocycles. The lowest BCUT2D eigenvalue weighted by Gasteiger charge is -2.48. The van der Waals surface area contributed by atoms with Gasteiger partial charge in [-0.2, -0.15) is 0 Å². The van der Waals surface area contributed by atoms with Crippen molar-refractivity contribution in [2.75, 3.05) is 26.2 Å². The first-order valence-corrected chi connectivity index (χ1v) is 8.80. The lowest BCUT2D eigenvalue weighted by molar-refractivity contribution is -0.0438. The third-order valence-corrected chi connectivity index (χ3v) is 5.52. The van der Waals surface area contributed by atoms with Crippen molar-refractivity contribution in [1.29, 1.82) is 0 Å². The maximum Gasteiger partial charge on any atom is 0.289 e. The van der Waals surface area contributed by atoms with Gasteiger partial charge in [-0.3, -0.25) is 9.59 Å². The number of rotatable bonds is 1. The van der Waals surface area contributed by atoms with Gasteiger partial charge < -0.3 is 19.7 Å². The van der Waals surface area contributed by atoms with Gasteiger partial charge in [0.05, 0.1) is 11.5 Å². The second kappa shape index (κ2) is 6.28. The fourth-order valence-corrected chi connectivity index (χ4v) is 4.12. The monoisotopic (exact) mass is 342 g/mol. The molecule has 2 atom stereocenters. The fourth-order valence-electron chi connectivity index (χ4n) is 4.12. The molecule has 1 spiro atoms. The Bertz CT molecular complexity index is 858. The number of amides is 1. The number of hydrogen-bond donors (Lipinski definition) is 2. The number of nitrogens with one attached hydrogen (secondary N) is 1. The highest BCUT2D eigenvalue weighted by molar-refractivity contribution is 5.93. The van der Waals surface area contributed by atoms with Crippen molar-refractivity contribution in [2.45, 2.75) is 25.4 Å². The third kappa shape index (κ3) is 2.85. The maximum absolute atomic E-state index is 12.9. The van der Waals surface area contributed by atoms with E-state index >= 15 is 0 Å². The number of benzene rings is 1. The molecule has 6 nitrogen and oxygen atoms in total. The number of carbonyl (C=O) groups excluding carboxylic acids is 1. The van der Waals surface area contributed by atoms with Crippen LogP contribution >= 0.6 is 0 Å². The Labute approximate surface area is 145 Å². The third-order valence-electron chi connectivity index (χ3n) is 5.52. The molecule has 25 heavy (non-hydrogen) atoms. The average molecular weight is 342 g/mol. The molecule has 2 fully saturated rings. The summed E-state index contributed by atoms with van der Waals surface area (Å²) < 4.78 is 5.69. The first-order valence-electron chi connectivity index (χ1n) is 8.80. The van der Waals surface area contributed by atoms with E-state index in [1.165, 1.54) is 6.07 Å². The van der Waals surface area contributed by atoms with Crippen LogP contribution < -0.4 is 10.7 Å². The minimum Gasteiger partial charge on any atom is -0.451 e. The molecular formula is C19H22N2O4. The summed E-state index contributed by atoms with van der Waals surface area (Å²) in [7, 11) is 0. The Morgan fingerprint density at radius 3 is 3.04 bits per heavy atom. The number of piperidine rings is 2. The normalized spacial score (nSPS) is 26.9. The Hall–Kier alpha value is -2.18. The van der Waals surface area contributed by atoms with Crippen LogP contribution in [-0.4, -0.2) is 48.2 Å². The number of aliphatic hydroxyl groups is 1. The highest BCUT2D eigenvalue weighted by atomic mass is 16.3. The molecule has 0 radical (unpaired) electrons. The van der Waals surface area contributed by atoms with Crippen LogP contribution in [0.3, 0.4) is 0 Å². The lowest BCUT2D eigenvalue weighted by atomic mass is 9.72. The maximum atomic E-state index is 12.9. The molecule has 2 saturated heterocycles. The van der Waals surface area contributed by atoms with Crippen molar-refractivity contribution in [3.63, 3.8) is 0 Å². The van der Waals surface area contributed by atoms with E-state index in [9.17, 15) is 14.7 Å². The molecule has 3 heterocycles. The molecule has 1 aromatic carbocycles. The van der Waals surface area contributed by atoms with Crippen molar-refractivity contribution in [3.05, 3.63) is 46.3 Å². The number of nitrogens with zero attached hydrogens (tertiary/aromatic N) is 1. The molecule has 2 aromatic rings. The zero-order valence-electron chi connectivity index (χ0n) is 14.0. The summed E-state index contributed by atoms with van der Waals surface area (Å²) >= 11 is 0. The Morgan fingerprint density at radius 1 is 1.36 bits per heavy atom. The van der Waals surface area contributed by atoms with Gasteiger partial charge in [0.1, 0.15) is 5.58 Å². The topological polar surface area (TPSA) is 82.8 Å². The smallest absolute Gasteiger partial charge is 0.289 e. The van der Waals surface area contributed by atoms with E-state index in [0.717, 1.165) is 19.4 Å². The summed E-state index contributed by atoms with van der Waals surface area (Å²) in [6.07, 6.45) is 2.02. The van der Waals surface area contributed by atoms with Gasteiger partial charge >= 0.3 is 0 Å². The number of para-hydroxylation sites is 1. The predicted molar refractivity (Wildman–Crippen MR) is 93.5 cm³/mol. The van der Waals surface area contributed by atoms with E-state index in [2.05, 4.69) is 5.32 Å². The van der Waals surface area contributed by atoms with Crippen LogP contribution in [0.5, 0.6) is 0 Å². The van der Waals surface area contributed by atoms with Crippen LogP contribution in [0.1, 0.15) is 29.8 Å². The van der Waals surface area contributed by atoms with Crippen molar-refractivity contribution < 1.29 is 14.3 Å². The first-order chi connectivity index (χ1) is 12.1. The molecule has 4 rings (SSSR count). The lowest BCUT2D eigenvalue weighted by Crippen LogP contribution is -2.58. The average Bonchev–Trinajstić information content (AvgIpc) is 2.64. The second-order valence-corrected chi connectivity index (χ2v) is 7.14. The number of hydrogen-bond acceptors (Lipinski definition) is 5. The van der Waals surface area contributed by atoms with Crippen LogP contribution in [0.2, 0.25) is 0 Å². The molecule has 1 aromatic heterocycles. The van der Waals surface area contributed by atoms with Crippen molar-refractivity contribution in [3.8, 4) is 0 Å². The number of fused-ring (bicyclic) bond motifs is 1. The molecular weight excluding hydrogens is 320 g/mol. The molecule has 0 unspecified atom stereocenters. The number of carbonyl (C=O) groups is 1. The molecule has 132 valence electrons. The van der Waals surface area contributed by atoms with Crippen LogP contribution in [0.15, 0.2) is 39.5 Å². The van der Waals surface area contributed by atoms with E-state index in [1.807, 2.05) is 0 Å². The molecule has 2 aliphatic rings. The minimum absolute atomic E-state index is 0.0685. The molecule has 0 bridgehead atoms. The van der Waals surface area contributed by atoms with Gasteiger partial charge in [-0.15, -0.1) is 0 Å². The summed E-state index contributed by atoms with van der Waals surface area (Å²) in [5.41, 5.74) is -0.0933. The summed E-state index contributed by atoms with van der Waals surface area (Å²) in [6, 6.07) is 8.21. The predicted octanol–water partition coefficient (Wildman–Crippen LogP) is 1.37. The van der Waals surface area contributed by atoms with Gasteiger partial charge in [0.2, 0.25) is 0 Å². The van der Waals surface area contributed by atoms with Crippen molar-refractivity contribution in [2.24, 2.45) is 5.41 Å². The van der Waals surface area contributed by atoms with Gasteiger partial charge in [0.15, 0.2) is 11.2 Å². The standard InChI is InChI=1S/C19H22N2O4/c22-14-10-16(25-15-5-2-1-4-13(14)15)18(24)21-9-3-7-19(12-21)11-20-8-6-17(19)23/h1-2,4-5,10,17,20,23H,3,6-9,11-12H2/t17-,19-/m0/s1. The van der Waals surface area contributed by atoms with E-state index in [0.29, 0.717) is 37.0 Å².